The number of halogens is 1. The second-order valence-electron chi connectivity index (χ2n) is 4.60. The fraction of sp³-hybridized carbons (Fsp3) is 0.133. The zero-order valence-electron chi connectivity index (χ0n) is 11.5. The summed E-state index contributed by atoms with van der Waals surface area (Å²) in [7, 11) is 1.56. The lowest BCUT2D eigenvalue weighted by atomic mass is 10.1. The van der Waals surface area contributed by atoms with Crippen LogP contribution in [0.3, 0.4) is 0 Å². The number of aryl methyl sites for hydroxylation is 1. The van der Waals surface area contributed by atoms with E-state index in [9.17, 15) is 19.3 Å². The Balaban J connectivity index is 2.25. The summed E-state index contributed by atoms with van der Waals surface area (Å²) in [5.41, 5.74) is 1.22. The van der Waals surface area contributed by atoms with Crippen LogP contribution in [0.25, 0.3) is 0 Å². The summed E-state index contributed by atoms with van der Waals surface area (Å²) in [6.45, 7) is 1.58. The summed E-state index contributed by atoms with van der Waals surface area (Å²) >= 11 is 0. The molecule has 0 aliphatic carbocycles. The standard InChI is InChI=1S/C15H13FN2O3/c1-10-9-11(3-8-14(10)16)15(19)17(2)12-4-6-13(7-5-12)18(20)21/h3-9H,1-2H3. The van der Waals surface area contributed by atoms with Crippen molar-refractivity contribution in [1.82, 2.24) is 0 Å². The molecule has 2 aromatic carbocycles. The van der Waals surface area contributed by atoms with Crippen molar-refractivity contribution in [2.24, 2.45) is 0 Å². The number of non-ortho nitro benzene ring substituents is 1. The van der Waals surface area contributed by atoms with Crippen LogP contribution in [0.2, 0.25) is 0 Å². The van der Waals surface area contributed by atoms with Crippen molar-refractivity contribution in [3.8, 4) is 0 Å². The molecule has 2 rings (SSSR count). The van der Waals surface area contributed by atoms with Crippen LogP contribution >= 0.6 is 0 Å². The van der Waals surface area contributed by atoms with Crippen molar-refractivity contribution in [3.63, 3.8) is 0 Å². The molecule has 0 saturated carbocycles. The molecule has 6 heteroatoms. The number of nitro benzene ring substituents is 1. The Morgan fingerprint density at radius 1 is 1.19 bits per heavy atom. The van der Waals surface area contributed by atoms with Crippen molar-refractivity contribution in [1.29, 1.82) is 0 Å². The van der Waals surface area contributed by atoms with Gasteiger partial charge < -0.3 is 4.90 Å². The lowest BCUT2D eigenvalue weighted by molar-refractivity contribution is -0.384. The average molecular weight is 288 g/mol. The highest BCUT2D eigenvalue weighted by molar-refractivity contribution is 6.05. The van der Waals surface area contributed by atoms with Gasteiger partial charge in [-0.3, -0.25) is 14.9 Å². The molecule has 0 aliphatic rings. The van der Waals surface area contributed by atoms with E-state index in [1.54, 1.807) is 14.0 Å². The number of carbonyl (C=O) groups excluding carboxylic acids is 1. The molecule has 0 heterocycles. The van der Waals surface area contributed by atoms with E-state index in [2.05, 4.69) is 0 Å². The second kappa shape index (κ2) is 5.70. The maximum atomic E-state index is 13.2. The number of hydrogen-bond acceptors (Lipinski definition) is 3. The predicted octanol–water partition coefficient (Wildman–Crippen LogP) is 3.32. The molecule has 108 valence electrons. The third-order valence-electron chi connectivity index (χ3n) is 3.16. The van der Waals surface area contributed by atoms with Crippen molar-refractivity contribution >= 4 is 17.3 Å². The van der Waals surface area contributed by atoms with Crippen LogP contribution in [0.1, 0.15) is 15.9 Å². The second-order valence-corrected chi connectivity index (χ2v) is 4.60. The number of nitro groups is 1. The van der Waals surface area contributed by atoms with Crippen molar-refractivity contribution in [2.75, 3.05) is 11.9 Å². The highest BCUT2D eigenvalue weighted by Crippen LogP contribution is 2.20. The first kappa shape index (κ1) is 14.6. The number of amides is 1. The maximum Gasteiger partial charge on any atom is 0.269 e. The van der Waals surface area contributed by atoms with Gasteiger partial charge in [0.2, 0.25) is 0 Å². The molecule has 0 bridgehead atoms. The number of hydrogen-bond donors (Lipinski definition) is 0. The zero-order chi connectivity index (χ0) is 15.6. The van der Waals surface area contributed by atoms with Gasteiger partial charge in [0.05, 0.1) is 4.92 Å². The van der Waals surface area contributed by atoms with Crippen LogP contribution < -0.4 is 4.90 Å². The minimum atomic E-state index is -0.505. The minimum absolute atomic E-state index is 0.0442. The summed E-state index contributed by atoms with van der Waals surface area (Å²) in [6, 6.07) is 9.77. The lowest BCUT2D eigenvalue weighted by Gasteiger charge is -2.17. The molecular weight excluding hydrogens is 275 g/mol. The molecule has 21 heavy (non-hydrogen) atoms. The first-order chi connectivity index (χ1) is 9.90. The summed E-state index contributed by atoms with van der Waals surface area (Å²) in [4.78, 5) is 23.7. The van der Waals surface area contributed by atoms with Gasteiger partial charge in [-0.1, -0.05) is 0 Å². The van der Waals surface area contributed by atoms with E-state index in [1.807, 2.05) is 0 Å². The van der Waals surface area contributed by atoms with Gasteiger partial charge >= 0.3 is 0 Å². The highest BCUT2D eigenvalue weighted by Gasteiger charge is 2.15. The zero-order valence-corrected chi connectivity index (χ0v) is 11.5. The Kier molecular flexibility index (Phi) is 3.98. The largest absolute Gasteiger partial charge is 0.311 e. The molecule has 0 radical (unpaired) electrons. The van der Waals surface area contributed by atoms with E-state index in [0.29, 0.717) is 16.8 Å². The monoisotopic (exact) mass is 288 g/mol. The molecule has 1 amide bonds. The van der Waals surface area contributed by atoms with E-state index in [1.165, 1.54) is 47.4 Å². The Bertz CT molecular complexity index is 699. The Morgan fingerprint density at radius 3 is 2.33 bits per heavy atom. The average Bonchev–Trinajstić information content (AvgIpc) is 2.48. The molecule has 0 fully saturated rings. The van der Waals surface area contributed by atoms with Crippen LogP contribution in [-0.2, 0) is 0 Å². The lowest BCUT2D eigenvalue weighted by Crippen LogP contribution is -2.26. The topological polar surface area (TPSA) is 63.5 Å². The number of anilines is 1. The Hall–Kier alpha value is -2.76. The number of benzene rings is 2. The first-order valence-electron chi connectivity index (χ1n) is 6.19. The quantitative estimate of drug-likeness (QED) is 0.643. The molecule has 0 unspecified atom stereocenters. The molecule has 2 aromatic rings. The van der Waals surface area contributed by atoms with Gasteiger partial charge in [-0.05, 0) is 42.8 Å². The van der Waals surface area contributed by atoms with Crippen LogP contribution in [-0.4, -0.2) is 17.9 Å². The molecule has 0 saturated heterocycles. The number of carbonyl (C=O) groups is 1. The third kappa shape index (κ3) is 3.05. The predicted molar refractivity (Wildman–Crippen MR) is 77.0 cm³/mol. The maximum absolute atomic E-state index is 13.2. The van der Waals surface area contributed by atoms with Gasteiger partial charge in [0.25, 0.3) is 11.6 Å². The number of rotatable bonds is 3. The fourth-order valence-corrected chi connectivity index (χ4v) is 1.89. The Morgan fingerprint density at radius 2 is 1.81 bits per heavy atom. The molecular formula is C15H13FN2O3. The summed E-state index contributed by atoms with van der Waals surface area (Å²) in [5, 5.41) is 10.6. The van der Waals surface area contributed by atoms with Gasteiger partial charge in [-0.25, -0.2) is 4.39 Å². The van der Waals surface area contributed by atoms with Gasteiger partial charge in [-0.2, -0.15) is 0 Å². The SMILES string of the molecule is Cc1cc(C(=O)N(C)c2ccc([N+](=O)[O-])cc2)ccc1F. The molecule has 0 aliphatic heterocycles. The van der Waals surface area contributed by atoms with E-state index in [-0.39, 0.29) is 17.4 Å². The van der Waals surface area contributed by atoms with Gasteiger partial charge in [-0.15, -0.1) is 0 Å². The van der Waals surface area contributed by atoms with Crippen molar-refractivity contribution in [2.45, 2.75) is 6.92 Å². The van der Waals surface area contributed by atoms with Crippen molar-refractivity contribution in [3.05, 3.63) is 69.5 Å². The van der Waals surface area contributed by atoms with E-state index in [4.69, 9.17) is 0 Å². The van der Waals surface area contributed by atoms with Gasteiger partial charge in [0.1, 0.15) is 5.82 Å². The first-order valence-corrected chi connectivity index (χ1v) is 6.19. The Labute approximate surface area is 120 Å². The fourth-order valence-electron chi connectivity index (χ4n) is 1.89. The van der Waals surface area contributed by atoms with Crippen LogP contribution in [0.4, 0.5) is 15.8 Å². The number of nitrogens with zero attached hydrogens (tertiary/aromatic N) is 2. The van der Waals surface area contributed by atoms with Crippen LogP contribution in [0, 0.1) is 22.9 Å². The minimum Gasteiger partial charge on any atom is -0.311 e. The molecule has 0 N–H and O–H groups in total. The molecule has 0 atom stereocenters. The smallest absolute Gasteiger partial charge is 0.269 e. The van der Waals surface area contributed by atoms with E-state index < -0.39 is 4.92 Å². The summed E-state index contributed by atoms with van der Waals surface area (Å²) < 4.78 is 13.2. The third-order valence-corrected chi connectivity index (χ3v) is 3.16. The van der Waals surface area contributed by atoms with Gasteiger partial charge in [0.15, 0.2) is 0 Å². The molecule has 5 nitrogen and oxygen atoms in total. The van der Waals surface area contributed by atoms with E-state index in [0.717, 1.165) is 0 Å². The van der Waals surface area contributed by atoms with Gasteiger partial charge in [0, 0.05) is 30.4 Å². The summed E-state index contributed by atoms with van der Waals surface area (Å²) in [6.07, 6.45) is 0. The van der Waals surface area contributed by atoms with E-state index >= 15 is 0 Å². The normalized spacial score (nSPS) is 10.2. The highest BCUT2D eigenvalue weighted by atomic mass is 19.1. The van der Waals surface area contributed by atoms with Crippen molar-refractivity contribution < 1.29 is 14.1 Å². The van der Waals surface area contributed by atoms with Crippen LogP contribution in [0.15, 0.2) is 42.5 Å². The summed E-state index contributed by atoms with van der Waals surface area (Å²) in [5.74, 6) is -0.684. The van der Waals surface area contributed by atoms with Crippen LogP contribution in [0.5, 0.6) is 0 Å². The molecule has 0 aromatic heterocycles. The molecule has 0 spiro atoms.